The van der Waals surface area contributed by atoms with Crippen molar-refractivity contribution in [2.24, 2.45) is 5.92 Å². The number of carbonyl (C=O) groups excluding carboxylic acids is 4. The van der Waals surface area contributed by atoms with Crippen molar-refractivity contribution in [1.82, 2.24) is 52.6 Å². The fourth-order valence-corrected chi connectivity index (χ4v) is 19.2. The molecule has 0 amide bonds. The summed E-state index contributed by atoms with van der Waals surface area (Å²) in [4.78, 5) is 65.7. The van der Waals surface area contributed by atoms with Crippen molar-refractivity contribution in [2.75, 3.05) is 138 Å². The Morgan fingerprint density at radius 2 is 0.646 bits per heavy atom. The second-order valence-electron chi connectivity index (χ2n) is 34.1. The van der Waals surface area contributed by atoms with Gasteiger partial charge in [-0.25, -0.2) is 0 Å². The molecule has 4 aromatic heterocycles. The van der Waals surface area contributed by atoms with Crippen molar-refractivity contribution in [2.45, 2.75) is 118 Å². The molecule has 0 bridgehead atoms. The van der Waals surface area contributed by atoms with E-state index in [0.717, 1.165) is 284 Å². The zero-order valence-corrected chi connectivity index (χ0v) is 78.6. The average Bonchev–Trinajstić information content (AvgIpc) is 1.64. The Morgan fingerprint density at radius 1 is 0.331 bits per heavy atom. The second kappa shape index (κ2) is 47.9. The summed E-state index contributed by atoms with van der Waals surface area (Å²) < 4.78 is 20.0. The van der Waals surface area contributed by atoms with Gasteiger partial charge >= 0.3 is 0 Å². The lowest BCUT2D eigenvalue weighted by Gasteiger charge is -2.35. The molecule has 0 radical (unpaired) electrons. The summed E-state index contributed by atoms with van der Waals surface area (Å²) in [5.74, 6) is 2.57. The first-order valence-electron chi connectivity index (χ1n) is 45.2. The highest BCUT2D eigenvalue weighted by Gasteiger charge is 2.26. The van der Waals surface area contributed by atoms with Crippen molar-refractivity contribution in [3.63, 3.8) is 0 Å². The number of aromatic nitrogens is 4. The predicted molar refractivity (Wildman–Crippen MR) is 522 cm³/mol. The Hall–Kier alpha value is -10.7. The van der Waals surface area contributed by atoms with E-state index in [9.17, 15) is 40.2 Å². The third-order valence-corrected chi connectivity index (χ3v) is 26.7. The van der Waals surface area contributed by atoms with Gasteiger partial charge in [-0.2, -0.15) is 21.0 Å². The number of likely N-dealkylation sites (tertiary alicyclic amines) is 1. The highest BCUT2D eigenvalue weighted by molar-refractivity contribution is 6.35. The maximum Gasteiger partial charge on any atom is 0.161 e. The number of hydrogen-bond acceptors (Lipinski definition) is 17. The lowest BCUT2D eigenvalue weighted by Crippen LogP contribution is -2.47. The minimum atomic E-state index is 0.0285. The van der Waals surface area contributed by atoms with Crippen LogP contribution in [-0.4, -0.2) is 213 Å². The Morgan fingerprint density at radius 3 is 1.01 bits per heavy atom. The number of rotatable bonds is 32. The van der Waals surface area contributed by atoms with E-state index in [2.05, 4.69) is 82.9 Å². The molecule has 4 aliphatic rings. The van der Waals surface area contributed by atoms with Gasteiger partial charge in [0, 0.05) is 205 Å². The highest BCUT2D eigenvalue weighted by atomic mass is 35.5. The fraction of sp³-hybridized carbons (Fsp3) is 0.385. The molecular formula is C104H114Cl5N15O6. The standard InChI is InChI=1S/C27H30ClN3O2.C26H29ClN4O2.C26H29ClN4O.C25H26Cl2N4O/c1-20(32)26-19-31(27-22(18-29)4-2-5-25(26)27)14-3-13-30-15-10-21(11-16-30)12-17-33-24-8-6-23(28)7-9-24;1-20(32)25-19-31(26-21(18-28)4-2-5-24(25)26)11-3-10-29-12-14-30(15-13-29)16-17-33-23-8-6-22(27)7-9-23;1-20(32)24-19-31(26-21(17-28)8-4-9-23(24)26)14-6-12-29-11-5-13-30(16-15-29)18-22-7-2-3-10-25(22)27;1-18(32)23-17-31(25-19(15-28)4-2-5-22(23)25)9-3-8-29-10-12-30(13-11-29)16-20-6-7-21(26)14-24(20)27/h2,4-9,19,21H,3,10-17H2,1H3;2,4-9,19H,3,10-17H2,1H3;2-4,7-10,19H,5-6,11-16,18H2,1H3;2,4-7,14,17H,3,8-13,16H2,1H3. The number of ether oxygens (including phenoxy) is 2. The van der Waals surface area contributed by atoms with E-state index in [0.29, 0.717) is 67.1 Å². The fourth-order valence-electron chi connectivity index (χ4n) is 18.3. The third-order valence-electron chi connectivity index (χ3n) is 25.3. The Bertz CT molecular complexity index is 5880. The van der Waals surface area contributed by atoms with Gasteiger partial charge < -0.3 is 47.3 Å². The van der Waals surface area contributed by atoms with E-state index in [-0.39, 0.29) is 23.1 Å². The topological polar surface area (TPSA) is 224 Å². The smallest absolute Gasteiger partial charge is 0.161 e. The molecular weight excluding hydrogens is 1730 g/mol. The number of Topliss-reactive ketones (excluding diaryl/α,β-unsaturated/α-hetero) is 4. The van der Waals surface area contributed by atoms with Gasteiger partial charge in [0.05, 0.1) is 50.9 Å². The van der Waals surface area contributed by atoms with E-state index in [1.807, 2.05) is 176 Å². The molecule has 0 saturated carbocycles. The van der Waals surface area contributed by atoms with Gasteiger partial charge in [0.25, 0.3) is 0 Å². The minimum Gasteiger partial charge on any atom is -0.494 e. The van der Waals surface area contributed by atoms with Crippen molar-refractivity contribution >= 4 is 125 Å². The summed E-state index contributed by atoms with van der Waals surface area (Å²) in [6.07, 6.45) is 16.2. The molecule has 130 heavy (non-hydrogen) atoms. The number of fused-ring (bicyclic) bond motifs is 4. The lowest BCUT2D eigenvalue weighted by atomic mass is 9.94. The van der Waals surface area contributed by atoms with Gasteiger partial charge in [-0.3, -0.25) is 33.9 Å². The minimum absolute atomic E-state index is 0.0285. The number of hydrogen-bond donors (Lipinski definition) is 0. The normalized spacial score (nSPS) is 15.1. The Labute approximate surface area is 788 Å². The molecule has 0 atom stereocenters. The molecule has 4 fully saturated rings. The molecule has 8 aromatic carbocycles. The molecule has 16 rings (SSSR count). The second-order valence-corrected chi connectivity index (χ2v) is 36.2. The van der Waals surface area contributed by atoms with Crippen LogP contribution in [0.1, 0.15) is 154 Å². The quantitative estimate of drug-likeness (QED) is 0.0357. The van der Waals surface area contributed by atoms with E-state index in [1.54, 1.807) is 33.8 Å². The average molecular weight is 1850 g/mol. The number of carbonyl (C=O) groups is 4. The molecule has 4 aliphatic heterocycles. The van der Waals surface area contributed by atoms with Gasteiger partial charge in [0.1, 0.15) is 42.4 Å². The number of aryl methyl sites for hydroxylation is 4. The maximum atomic E-state index is 12.1. The summed E-state index contributed by atoms with van der Waals surface area (Å²) in [7, 11) is 0. The van der Waals surface area contributed by atoms with Crippen LogP contribution < -0.4 is 9.47 Å². The van der Waals surface area contributed by atoms with Crippen LogP contribution in [0.2, 0.25) is 25.1 Å². The molecule has 0 spiro atoms. The lowest BCUT2D eigenvalue weighted by molar-refractivity contribution is 0.101. The number of halogens is 5. The molecule has 4 saturated heterocycles. The highest BCUT2D eigenvalue weighted by Crippen LogP contribution is 2.33. The largest absolute Gasteiger partial charge is 0.494 e. The number of benzene rings is 8. The van der Waals surface area contributed by atoms with Crippen molar-refractivity contribution < 1.29 is 28.7 Å². The summed E-state index contributed by atoms with van der Waals surface area (Å²) in [5, 5.41) is 45.3. The van der Waals surface area contributed by atoms with Gasteiger partial charge in [0.2, 0.25) is 0 Å². The molecule has 21 nitrogen and oxygen atoms in total. The first-order chi connectivity index (χ1) is 63.1. The van der Waals surface area contributed by atoms with Crippen LogP contribution in [0.5, 0.6) is 11.5 Å². The van der Waals surface area contributed by atoms with Crippen molar-refractivity contribution in [3.8, 4) is 35.8 Å². The van der Waals surface area contributed by atoms with Gasteiger partial charge in [0.15, 0.2) is 23.1 Å². The van der Waals surface area contributed by atoms with Gasteiger partial charge in [-0.05, 0) is 239 Å². The number of nitriles is 4. The molecule has 0 N–H and O–H groups in total. The monoisotopic (exact) mass is 1840 g/mol. The zero-order valence-electron chi connectivity index (χ0n) is 74.8. The Balaban J connectivity index is 0.000000148. The molecule has 0 unspecified atom stereocenters. The summed E-state index contributed by atoms with van der Waals surface area (Å²) in [6.45, 7) is 32.2. The summed E-state index contributed by atoms with van der Waals surface area (Å²) in [6, 6.07) is 60.3. The number of para-hydroxylation sites is 4. The van der Waals surface area contributed by atoms with Crippen LogP contribution in [0, 0.1) is 51.2 Å². The van der Waals surface area contributed by atoms with Gasteiger partial charge in [-0.15, -0.1) is 0 Å². The predicted octanol–water partition coefficient (Wildman–Crippen LogP) is 20.6. The number of piperazine rings is 2. The number of nitrogens with zero attached hydrogens (tertiary/aromatic N) is 15. The van der Waals surface area contributed by atoms with E-state index >= 15 is 0 Å². The summed E-state index contributed by atoms with van der Waals surface area (Å²) >= 11 is 30.5. The number of ketones is 4. The first-order valence-corrected chi connectivity index (χ1v) is 47.1. The van der Waals surface area contributed by atoms with E-state index in [1.165, 1.54) is 18.4 Å². The van der Waals surface area contributed by atoms with Crippen LogP contribution in [-0.2, 0) is 39.3 Å². The molecule has 26 heteroatoms. The van der Waals surface area contributed by atoms with Crippen LogP contribution in [0.15, 0.2) is 189 Å². The van der Waals surface area contributed by atoms with Crippen molar-refractivity contribution in [1.29, 1.82) is 21.0 Å². The van der Waals surface area contributed by atoms with Crippen LogP contribution in [0.25, 0.3) is 43.6 Å². The van der Waals surface area contributed by atoms with Crippen LogP contribution in [0.3, 0.4) is 0 Å². The molecule has 676 valence electrons. The summed E-state index contributed by atoms with van der Waals surface area (Å²) in [5.41, 5.74) is 11.1. The maximum absolute atomic E-state index is 12.1. The molecule has 12 aromatic rings. The molecule has 0 aliphatic carbocycles. The third kappa shape index (κ3) is 26.2. The van der Waals surface area contributed by atoms with E-state index in [4.69, 9.17) is 67.5 Å². The van der Waals surface area contributed by atoms with Gasteiger partial charge in [-0.1, -0.05) is 131 Å². The van der Waals surface area contributed by atoms with E-state index < -0.39 is 0 Å². The first kappa shape index (κ1) is 96.9. The number of piperidine rings is 1. The van der Waals surface area contributed by atoms with Crippen molar-refractivity contribution in [3.05, 3.63) is 269 Å². The van der Waals surface area contributed by atoms with Crippen LogP contribution in [0.4, 0.5) is 0 Å². The van der Waals surface area contributed by atoms with Crippen LogP contribution >= 0.6 is 58.0 Å². The zero-order chi connectivity index (χ0) is 91.6. The Kier molecular flexibility index (Phi) is 35.7. The SMILES string of the molecule is CC(=O)c1cn(CCCN2CCC(CCOc3ccc(Cl)cc3)CC2)c2c(C#N)cccc12.CC(=O)c1cn(CCCN2CCCN(Cc3ccccc3Cl)CC2)c2c(C#N)cccc12.CC(=O)c1cn(CCCN2CCN(CCOc3ccc(Cl)cc3)CC2)c2c(C#N)cccc12.CC(=O)c1cn(CCCN2CCN(Cc3ccc(Cl)cc3Cl)CC2)c2c(C#N)cccc12. The molecule has 8 heterocycles.